The number of H-pyrrole nitrogens is 1. The first-order valence-corrected chi connectivity index (χ1v) is 8.48. The summed E-state index contributed by atoms with van der Waals surface area (Å²) in [6.45, 7) is 2.60. The Bertz CT molecular complexity index is 748. The summed E-state index contributed by atoms with van der Waals surface area (Å²) < 4.78 is 33.1. The second-order valence-corrected chi connectivity index (χ2v) is 7.01. The largest absolute Gasteiger partial charge is 0.399 e. The minimum absolute atomic E-state index is 0.0578. The van der Waals surface area contributed by atoms with Gasteiger partial charge in [0.1, 0.15) is 4.90 Å². The monoisotopic (exact) mass is 309 g/mol. The summed E-state index contributed by atoms with van der Waals surface area (Å²) in [5.41, 5.74) is 7.04. The summed E-state index contributed by atoms with van der Waals surface area (Å²) in [5, 5.41) is 0.614. The van der Waals surface area contributed by atoms with Gasteiger partial charge in [-0.1, -0.05) is 0 Å². The molecule has 1 aromatic heterocycles. The number of nitrogens with one attached hydrogen (secondary N) is 2. The Morgan fingerprint density at radius 3 is 2.90 bits per heavy atom. The predicted molar refractivity (Wildman–Crippen MR) is 81.5 cm³/mol. The highest BCUT2D eigenvalue weighted by Gasteiger charge is 2.33. The molecule has 0 atom stereocenters. The van der Waals surface area contributed by atoms with E-state index < -0.39 is 10.0 Å². The van der Waals surface area contributed by atoms with E-state index in [1.807, 2.05) is 6.92 Å². The van der Waals surface area contributed by atoms with Gasteiger partial charge >= 0.3 is 0 Å². The molecule has 1 heterocycles. The Kier molecular flexibility index (Phi) is 3.64. The fourth-order valence-corrected chi connectivity index (χ4v) is 4.08. The zero-order valence-corrected chi connectivity index (χ0v) is 12.6. The first kappa shape index (κ1) is 14.4. The van der Waals surface area contributed by atoms with Crippen molar-refractivity contribution in [1.29, 1.82) is 0 Å². The van der Waals surface area contributed by atoms with Crippen LogP contribution in [0.1, 0.15) is 19.8 Å². The molecule has 7 heteroatoms. The predicted octanol–water partition coefficient (Wildman–Crippen LogP) is 1.60. The van der Waals surface area contributed by atoms with Crippen molar-refractivity contribution in [3.05, 3.63) is 24.4 Å². The van der Waals surface area contributed by atoms with Crippen LogP contribution in [0.4, 0.5) is 5.69 Å². The van der Waals surface area contributed by atoms with E-state index in [1.54, 1.807) is 18.2 Å². The highest BCUT2D eigenvalue weighted by molar-refractivity contribution is 7.89. The van der Waals surface area contributed by atoms with Crippen molar-refractivity contribution in [3.8, 4) is 0 Å². The Labute approximate surface area is 123 Å². The van der Waals surface area contributed by atoms with Gasteiger partial charge in [0.25, 0.3) is 0 Å². The molecule has 0 spiro atoms. The van der Waals surface area contributed by atoms with Crippen molar-refractivity contribution < 1.29 is 13.2 Å². The van der Waals surface area contributed by atoms with Crippen LogP contribution in [0, 0.1) is 0 Å². The van der Waals surface area contributed by atoms with Crippen molar-refractivity contribution >= 4 is 26.6 Å². The van der Waals surface area contributed by atoms with Crippen LogP contribution in [0.25, 0.3) is 10.9 Å². The molecule has 1 aliphatic rings. The summed E-state index contributed by atoms with van der Waals surface area (Å²) in [6, 6.07) is 5.13. The standard InChI is InChI=1S/C14H19N3O3S/c1-2-20-11-6-10(7-11)17-21(18,19)14-8-16-13-4-3-9(15)5-12(13)14/h3-5,8,10-11,16-17H,2,6-7,15H2,1H3. The lowest BCUT2D eigenvalue weighted by molar-refractivity contribution is -0.00475. The fourth-order valence-electron chi connectivity index (χ4n) is 2.65. The van der Waals surface area contributed by atoms with Gasteiger partial charge in [0, 0.05) is 35.4 Å². The fraction of sp³-hybridized carbons (Fsp3) is 0.429. The number of hydrogen-bond acceptors (Lipinski definition) is 4. The Hall–Kier alpha value is -1.57. The van der Waals surface area contributed by atoms with E-state index in [0.29, 0.717) is 17.7 Å². The maximum absolute atomic E-state index is 12.5. The van der Waals surface area contributed by atoms with Gasteiger partial charge in [0.05, 0.1) is 6.10 Å². The summed E-state index contributed by atoms with van der Waals surface area (Å²) in [6.07, 6.45) is 3.11. The van der Waals surface area contributed by atoms with Crippen molar-refractivity contribution in [2.24, 2.45) is 0 Å². The minimum atomic E-state index is -3.55. The third-order valence-corrected chi connectivity index (χ3v) is 5.34. The number of nitrogens with two attached hydrogens (primary N) is 1. The molecule has 3 rings (SSSR count). The van der Waals surface area contributed by atoms with Crippen LogP contribution in [0.15, 0.2) is 29.3 Å². The third-order valence-electron chi connectivity index (χ3n) is 3.78. The number of nitrogen functional groups attached to an aromatic ring is 1. The zero-order chi connectivity index (χ0) is 15.0. The van der Waals surface area contributed by atoms with Crippen LogP contribution in [0.5, 0.6) is 0 Å². The van der Waals surface area contributed by atoms with Crippen LogP contribution >= 0.6 is 0 Å². The molecule has 0 unspecified atom stereocenters. The minimum Gasteiger partial charge on any atom is -0.399 e. The number of fused-ring (bicyclic) bond motifs is 1. The molecule has 0 aliphatic heterocycles. The summed E-state index contributed by atoms with van der Waals surface area (Å²) in [4.78, 5) is 3.20. The molecule has 6 nitrogen and oxygen atoms in total. The van der Waals surface area contributed by atoms with Gasteiger partial charge in [-0.15, -0.1) is 0 Å². The first-order valence-electron chi connectivity index (χ1n) is 7.00. The Morgan fingerprint density at radius 1 is 1.43 bits per heavy atom. The summed E-state index contributed by atoms with van der Waals surface area (Å²) >= 11 is 0. The van der Waals surface area contributed by atoms with Crippen molar-refractivity contribution in [2.45, 2.75) is 36.8 Å². The molecule has 114 valence electrons. The molecule has 21 heavy (non-hydrogen) atoms. The second kappa shape index (κ2) is 5.32. The van der Waals surface area contributed by atoms with Gasteiger partial charge in [-0.3, -0.25) is 0 Å². The smallest absolute Gasteiger partial charge is 0.242 e. The maximum atomic E-state index is 12.5. The van der Waals surface area contributed by atoms with Crippen molar-refractivity contribution in [2.75, 3.05) is 12.3 Å². The topological polar surface area (TPSA) is 97.2 Å². The van der Waals surface area contributed by atoms with Crippen LogP contribution in [0.3, 0.4) is 0 Å². The van der Waals surface area contributed by atoms with Crippen LogP contribution < -0.4 is 10.5 Å². The second-order valence-electron chi connectivity index (χ2n) is 5.32. The van der Waals surface area contributed by atoms with Gasteiger partial charge in [-0.05, 0) is 38.0 Å². The Morgan fingerprint density at radius 2 is 2.19 bits per heavy atom. The first-order chi connectivity index (χ1) is 9.99. The number of ether oxygens (including phenoxy) is 1. The molecule has 1 aromatic carbocycles. The number of rotatable bonds is 5. The average Bonchev–Trinajstić information content (AvgIpc) is 2.79. The van der Waals surface area contributed by atoms with E-state index in [1.165, 1.54) is 6.20 Å². The molecule has 1 saturated carbocycles. The molecule has 2 aromatic rings. The molecule has 4 N–H and O–H groups in total. The van der Waals surface area contributed by atoms with E-state index in [-0.39, 0.29) is 17.0 Å². The van der Waals surface area contributed by atoms with Gasteiger partial charge in [0.2, 0.25) is 10.0 Å². The van der Waals surface area contributed by atoms with Gasteiger partial charge in [0.15, 0.2) is 0 Å². The molecule has 0 bridgehead atoms. The van der Waals surface area contributed by atoms with E-state index in [9.17, 15) is 8.42 Å². The molecule has 1 fully saturated rings. The van der Waals surface area contributed by atoms with Gasteiger partial charge in [-0.25, -0.2) is 13.1 Å². The number of sulfonamides is 1. The summed E-state index contributed by atoms with van der Waals surface area (Å²) in [5.74, 6) is 0. The number of benzene rings is 1. The van der Waals surface area contributed by atoms with Gasteiger partial charge < -0.3 is 15.5 Å². The lowest BCUT2D eigenvalue weighted by atomic mass is 9.90. The maximum Gasteiger partial charge on any atom is 0.242 e. The molecular formula is C14H19N3O3S. The van der Waals surface area contributed by atoms with Crippen molar-refractivity contribution in [1.82, 2.24) is 9.71 Å². The molecule has 0 radical (unpaired) electrons. The van der Waals surface area contributed by atoms with E-state index in [0.717, 1.165) is 18.4 Å². The number of anilines is 1. The lowest BCUT2D eigenvalue weighted by Crippen LogP contribution is -2.47. The van der Waals surface area contributed by atoms with Crippen LogP contribution in [-0.4, -0.2) is 32.2 Å². The molecule has 0 saturated heterocycles. The van der Waals surface area contributed by atoms with Crippen molar-refractivity contribution in [3.63, 3.8) is 0 Å². The van der Waals surface area contributed by atoms with Crippen LogP contribution in [-0.2, 0) is 14.8 Å². The molecule has 1 aliphatic carbocycles. The van der Waals surface area contributed by atoms with E-state index in [4.69, 9.17) is 10.5 Å². The highest BCUT2D eigenvalue weighted by Crippen LogP contribution is 2.28. The van der Waals surface area contributed by atoms with E-state index in [2.05, 4.69) is 9.71 Å². The number of hydrogen-bond donors (Lipinski definition) is 3. The van der Waals surface area contributed by atoms with E-state index >= 15 is 0 Å². The molecular weight excluding hydrogens is 290 g/mol. The Balaban J connectivity index is 1.80. The SMILES string of the molecule is CCOC1CC(NS(=O)(=O)c2c[nH]c3ccc(N)cc23)C1. The molecule has 0 amide bonds. The normalized spacial score (nSPS) is 22.3. The quantitative estimate of drug-likeness (QED) is 0.731. The zero-order valence-electron chi connectivity index (χ0n) is 11.8. The lowest BCUT2D eigenvalue weighted by Gasteiger charge is -2.34. The number of aromatic amines is 1. The average molecular weight is 309 g/mol. The third kappa shape index (κ3) is 2.76. The van der Waals surface area contributed by atoms with Crippen LogP contribution in [0.2, 0.25) is 0 Å². The highest BCUT2D eigenvalue weighted by atomic mass is 32.2. The summed E-state index contributed by atoms with van der Waals surface area (Å²) in [7, 11) is -3.55. The number of aromatic nitrogens is 1. The van der Waals surface area contributed by atoms with Gasteiger partial charge in [-0.2, -0.15) is 0 Å².